The van der Waals surface area contributed by atoms with E-state index in [1.807, 2.05) is 6.07 Å². The van der Waals surface area contributed by atoms with Crippen molar-refractivity contribution < 1.29 is 14.2 Å². The van der Waals surface area contributed by atoms with Crippen molar-refractivity contribution in [2.45, 2.75) is 6.42 Å². The van der Waals surface area contributed by atoms with Gasteiger partial charge in [0.25, 0.3) is 0 Å². The van der Waals surface area contributed by atoms with Gasteiger partial charge in [-0.25, -0.2) is 4.39 Å². The number of hydrogen-bond acceptors (Lipinski definition) is 3. The van der Waals surface area contributed by atoms with Crippen molar-refractivity contribution in [1.82, 2.24) is 0 Å². The van der Waals surface area contributed by atoms with Crippen molar-refractivity contribution >= 4 is 15.9 Å². The molecule has 0 heterocycles. The maximum Gasteiger partial charge on any atom is 0.196 e. The maximum atomic E-state index is 13.5. The van der Waals surface area contributed by atoms with Crippen LogP contribution in [0, 0.1) is 17.1 Å². The average molecular weight is 260 g/mol. The highest BCUT2D eigenvalue weighted by atomic mass is 79.9. The van der Waals surface area contributed by atoms with Gasteiger partial charge in [0.2, 0.25) is 0 Å². The van der Waals surface area contributed by atoms with Gasteiger partial charge in [0, 0.05) is 10.0 Å². The second-order valence-electron chi connectivity index (χ2n) is 2.54. The molecule has 1 rings (SSSR count). The molecular weight excluding hydrogens is 253 g/mol. The lowest BCUT2D eigenvalue weighted by atomic mass is 10.1. The molecule has 0 amide bonds. The standard InChI is InChI=1S/C9H7BrFNO2/c1-14-9-7(13)4-6(10)5(2-3-12)8(9)11/h4,13H,2H2,1H3. The van der Waals surface area contributed by atoms with Gasteiger partial charge >= 0.3 is 0 Å². The molecule has 1 N–H and O–H groups in total. The number of phenolic OH excluding ortho intramolecular Hbond substituents is 1. The Morgan fingerprint density at radius 2 is 2.36 bits per heavy atom. The number of nitriles is 1. The molecule has 0 bridgehead atoms. The first kappa shape index (κ1) is 10.8. The molecule has 0 aliphatic carbocycles. The Morgan fingerprint density at radius 1 is 1.71 bits per heavy atom. The zero-order valence-corrected chi connectivity index (χ0v) is 8.93. The van der Waals surface area contributed by atoms with E-state index in [1.165, 1.54) is 13.2 Å². The van der Waals surface area contributed by atoms with Crippen LogP contribution in [0.3, 0.4) is 0 Å². The summed E-state index contributed by atoms with van der Waals surface area (Å²) in [6, 6.07) is 3.13. The van der Waals surface area contributed by atoms with Crippen molar-refractivity contribution in [3.8, 4) is 17.6 Å². The van der Waals surface area contributed by atoms with Crippen molar-refractivity contribution in [1.29, 1.82) is 5.26 Å². The summed E-state index contributed by atoms with van der Waals surface area (Å²) in [5, 5.41) is 17.7. The maximum absolute atomic E-state index is 13.5. The molecule has 1 aromatic rings. The lowest BCUT2D eigenvalue weighted by Gasteiger charge is -2.09. The van der Waals surface area contributed by atoms with E-state index in [9.17, 15) is 9.50 Å². The van der Waals surface area contributed by atoms with Crippen LogP contribution in [0.4, 0.5) is 4.39 Å². The topological polar surface area (TPSA) is 53.2 Å². The van der Waals surface area contributed by atoms with Crippen molar-refractivity contribution in [3.05, 3.63) is 21.9 Å². The molecule has 5 heteroatoms. The summed E-state index contributed by atoms with van der Waals surface area (Å²) in [5.41, 5.74) is 0.183. The van der Waals surface area contributed by atoms with E-state index in [0.29, 0.717) is 4.47 Å². The zero-order valence-electron chi connectivity index (χ0n) is 7.34. The number of ether oxygens (including phenoxy) is 1. The van der Waals surface area contributed by atoms with Crippen LogP contribution in [0.2, 0.25) is 0 Å². The molecule has 0 spiro atoms. The smallest absolute Gasteiger partial charge is 0.196 e. The molecule has 0 radical (unpaired) electrons. The second-order valence-corrected chi connectivity index (χ2v) is 3.39. The van der Waals surface area contributed by atoms with Gasteiger partial charge in [-0.05, 0) is 6.07 Å². The van der Waals surface area contributed by atoms with Gasteiger partial charge in [-0.2, -0.15) is 5.26 Å². The number of nitrogens with zero attached hydrogens (tertiary/aromatic N) is 1. The number of aromatic hydroxyl groups is 1. The lowest BCUT2D eigenvalue weighted by Crippen LogP contribution is -1.96. The summed E-state index contributed by atoms with van der Waals surface area (Å²) in [5.74, 6) is -1.24. The molecule has 1 aromatic carbocycles. The minimum atomic E-state index is -0.707. The molecule has 0 fully saturated rings. The number of methoxy groups -OCH3 is 1. The minimum Gasteiger partial charge on any atom is -0.504 e. The summed E-state index contributed by atoms with van der Waals surface area (Å²) in [7, 11) is 1.25. The third-order valence-corrected chi connectivity index (χ3v) is 2.42. The summed E-state index contributed by atoms with van der Waals surface area (Å²) in [6.45, 7) is 0. The number of benzene rings is 1. The van der Waals surface area contributed by atoms with Crippen LogP contribution in [0.25, 0.3) is 0 Å². The van der Waals surface area contributed by atoms with Crippen LogP contribution >= 0.6 is 15.9 Å². The van der Waals surface area contributed by atoms with Crippen LogP contribution in [-0.4, -0.2) is 12.2 Å². The van der Waals surface area contributed by atoms with Gasteiger partial charge < -0.3 is 9.84 Å². The Hall–Kier alpha value is -1.28. The van der Waals surface area contributed by atoms with E-state index < -0.39 is 5.82 Å². The second kappa shape index (κ2) is 4.29. The predicted molar refractivity (Wildman–Crippen MR) is 51.6 cm³/mol. The number of rotatable bonds is 2. The van der Waals surface area contributed by atoms with Crippen LogP contribution in [0.5, 0.6) is 11.5 Å². The largest absolute Gasteiger partial charge is 0.504 e. The fourth-order valence-electron chi connectivity index (χ4n) is 1.06. The summed E-state index contributed by atoms with van der Waals surface area (Å²) >= 11 is 3.06. The number of phenols is 1. The number of hydrogen-bond donors (Lipinski definition) is 1. The summed E-state index contributed by atoms with van der Waals surface area (Å²) in [6.07, 6.45) is -0.0803. The molecule has 0 atom stereocenters. The molecule has 0 unspecified atom stereocenters. The van der Waals surface area contributed by atoms with Gasteiger partial charge in [0.15, 0.2) is 17.3 Å². The van der Waals surface area contributed by atoms with Crippen molar-refractivity contribution in [2.75, 3.05) is 7.11 Å². The van der Waals surface area contributed by atoms with Gasteiger partial charge in [0.05, 0.1) is 19.6 Å². The molecule has 14 heavy (non-hydrogen) atoms. The third kappa shape index (κ3) is 1.80. The Kier molecular flexibility index (Phi) is 3.31. The molecule has 3 nitrogen and oxygen atoms in total. The van der Waals surface area contributed by atoms with Crippen LogP contribution in [0.1, 0.15) is 5.56 Å². The summed E-state index contributed by atoms with van der Waals surface area (Å²) in [4.78, 5) is 0. The Balaban J connectivity index is 3.37. The zero-order chi connectivity index (χ0) is 10.7. The number of halogens is 2. The van der Waals surface area contributed by atoms with E-state index >= 15 is 0 Å². The van der Waals surface area contributed by atoms with Crippen LogP contribution in [0.15, 0.2) is 10.5 Å². The monoisotopic (exact) mass is 259 g/mol. The summed E-state index contributed by atoms with van der Waals surface area (Å²) < 4.78 is 18.5. The Labute approximate surface area is 88.9 Å². The SMILES string of the molecule is COc1c(O)cc(Br)c(CC#N)c1F. The van der Waals surface area contributed by atoms with Crippen molar-refractivity contribution in [2.24, 2.45) is 0 Å². The predicted octanol–water partition coefficient (Wildman–Crippen LogP) is 2.37. The Bertz CT molecular complexity index is 401. The normalized spacial score (nSPS) is 9.57. The Morgan fingerprint density at radius 3 is 2.86 bits per heavy atom. The highest BCUT2D eigenvalue weighted by Crippen LogP contribution is 2.36. The van der Waals surface area contributed by atoms with Crippen molar-refractivity contribution in [3.63, 3.8) is 0 Å². The highest BCUT2D eigenvalue weighted by Gasteiger charge is 2.17. The molecule has 74 valence electrons. The molecule has 0 aliphatic rings. The van der Waals surface area contributed by atoms with Gasteiger partial charge in [-0.15, -0.1) is 0 Å². The van der Waals surface area contributed by atoms with E-state index in [0.717, 1.165) is 0 Å². The third-order valence-electron chi connectivity index (χ3n) is 1.71. The fraction of sp³-hybridized carbons (Fsp3) is 0.222. The first-order valence-corrected chi connectivity index (χ1v) is 4.52. The quantitative estimate of drug-likeness (QED) is 0.888. The fourth-order valence-corrected chi connectivity index (χ4v) is 1.59. The van der Waals surface area contributed by atoms with Gasteiger partial charge in [0.1, 0.15) is 0 Å². The van der Waals surface area contributed by atoms with E-state index in [1.54, 1.807) is 0 Å². The molecule has 0 aliphatic heterocycles. The van der Waals surface area contributed by atoms with Gasteiger partial charge in [-0.1, -0.05) is 15.9 Å². The highest BCUT2D eigenvalue weighted by molar-refractivity contribution is 9.10. The van der Waals surface area contributed by atoms with E-state index in [2.05, 4.69) is 20.7 Å². The van der Waals surface area contributed by atoms with Crippen LogP contribution in [-0.2, 0) is 6.42 Å². The first-order valence-electron chi connectivity index (χ1n) is 3.72. The van der Waals surface area contributed by atoms with E-state index in [-0.39, 0.29) is 23.5 Å². The average Bonchev–Trinajstić information content (AvgIpc) is 2.12. The van der Waals surface area contributed by atoms with Gasteiger partial charge in [-0.3, -0.25) is 0 Å². The molecule has 0 aromatic heterocycles. The molecular formula is C9H7BrFNO2. The first-order chi connectivity index (χ1) is 6.61. The van der Waals surface area contributed by atoms with Crippen LogP contribution < -0.4 is 4.74 Å². The molecule has 0 saturated carbocycles. The van der Waals surface area contributed by atoms with E-state index in [4.69, 9.17) is 5.26 Å². The lowest BCUT2D eigenvalue weighted by molar-refractivity contribution is 0.349. The minimum absolute atomic E-state index is 0.0803. The molecule has 0 saturated heterocycles.